The van der Waals surface area contributed by atoms with Crippen LogP contribution >= 0.6 is 11.6 Å². The number of aryl methyl sites for hydroxylation is 1. The molecule has 1 amide bonds. The summed E-state index contributed by atoms with van der Waals surface area (Å²) < 4.78 is 42.7. The van der Waals surface area contributed by atoms with E-state index >= 15 is 0 Å². The average Bonchev–Trinajstić information content (AvgIpc) is 3.27. The normalized spacial score (nSPS) is 17.0. The van der Waals surface area contributed by atoms with E-state index in [4.69, 9.17) is 11.6 Å². The summed E-state index contributed by atoms with van der Waals surface area (Å²) >= 11 is 6.10. The Morgan fingerprint density at radius 3 is 2.64 bits per heavy atom. The minimum absolute atomic E-state index is 0.0244. The Hall–Kier alpha value is -3.21. The van der Waals surface area contributed by atoms with Crippen LogP contribution in [0.1, 0.15) is 18.1 Å². The zero-order valence-electron chi connectivity index (χ0n) is 19.9. The van der Waals surface area contributed by atoms with E-state index in [0.717, 1.165) is 5.56 Å². The number of nitrogens with one attached hydrogen (secondary N) is 1. The van der Waals surface area contributed by atoms with Crippen LogP contribution in [0.4, 0.5) is 10.1 Å². The number of imidazole rings is 1. The Morgan fingerprint density at radius 1 is 1.22 bits per heavy atom. The van der Waals surface area contributed by atoms with Crippen LogP contribution in [0.5, 0.6) is 0 Å². The molecule has 11 heteroatoms. The predicted octanol–water partition coefficient (Wildman–Crippen LogP) is 3.76. The summed E-state index contributed by atoms with van der Waals surface area (Å²) in [5.74, 6) is -0.430. The molecule has 1 N–H and O–H groups in total. The van der Waals surface area contributed by atoms with Crippen molar-refractivity contribution in [3.63, 3.8) is 0 Å². The molecule has 1 fully saturated rings. The van der Waals surface area contributed by atoms with Crippen molar-refractivity contribution in [1.82, 2.24) is 19.4 Å². The quantitative estimate of drug-likeness (QED) is 0.469. The van der Waals surface area contributed by atoms with Crippen molar-refractivity contribution < 1.29 is 17.6 Å². The van der Waals surface area contributed by atoms with E-state index in [0.29, 0.717) is 36.8 Å². The highest BCUT2D eigenvalue weighted by Gasteiger charge is 2.26. The third kappa shape index (κ3) is 6.31. The number of hydrogen-bond donors (Lipinski definition) is 1. The van der Waals surface area contributed by atoms with Gasteiger partial charge >= 0.3 is 0 Å². The average molecular weight is 532 g/mol. The molecule has 0 bridgehead atoms. The highest BCUT2D eigenvalue weighted by atomic mass is 35.5. The number of hydrogen-bond acceptors (Lipinski definition) is 5. The zero-order valence-corrected chi connectivity index (χ0v) is 21.5. The number of carbonyl (C=O) groups excluding carboxylic acids is 1. The lowest BCUT2D eigenvalue weighted by Crippen LogP contribution is -2.53. The van der Waals surface area contributed by atoms with Gasteiger partial charge in [0.05, 0.1) is 12.0 Å². The Kier molecular flexibility index (Phi) is 7.77. The predicted molar refractivity (Wildman–Crippen MR) is 137 cm³/mol. The van der Waals surface area contributed by atoms with Gasteiger partial charge in [-0.3, -0.25) is 14.4 Å². The first kappa shape index (κ1) is 25.9. The summed E-state index contributed by atoms with van der Waals surface area (Å²) in [7, 11) is -2.25. The van der Waals surface area contributed by atoms with Gasteiger partial charge in [-0.15, -0.1) is 0 Å². The molecule has 0 saturated carbocycles. The second-order valence-electron chi connectivity index (χ2n) is 8.79. The van der Waals surface area contributed by atoms with Crippen molar-refractivity contribution in [1.29, 1.82) is 0 Å². The lowest BCUT2D eigenvalue weighted by Gasteiger charge is -2.39. The van der Waals surface area contributed by atoms with Gasteiger partial charge in [0.1, 0.15) is 5.82 Å². The lowest BCUT2D eigenvalue weighted by atomic mass is 10.1. The SMILES string of the molecule is C[C@@H]1CN(Cc2ccc(F)cc2)CCN1C(=O)/C=C/c1ccc(Cl)cc1NS(=O)(=O)c1cn(C)cn1. The molecule has 1 aliphatic rings. The second kappa shape index (κ2) is 10.8. The molecule has 0 unspecified atom stereocenters. The topological polar surface area (TPSA) is 87.5 Å². The van der Waals surface area contributed by atoms with Gasteiger partial charge in [0.15, 0.2) is 5.03 Å². The largest absolute Gasteiger partial charge is 0.339 e. The summed E-state index contributed by atoms with van der Waals surface area (Å²) in [4.78, 5) is 20.9. The Bertz CT molecular complexity index is 1370. The number of aromatic nitrogens is 2. The highest BCUT2D eigenvalue weighted by Crippen LogP contribution is 2.25. The lowest BCUT2D eigenvalue weighted by molar-refractivity contribution is -0.130. The summed E-state index contributed by atoms with van der Waals surface area (Å²) in [6.45, 7) is 4.60. The van der Waals surface area contributed by atoms with E-state index < -0.39 is 10.0 Å². The minimum Gasteiger partial charge on any atom is -0.339 e. The summed E-state index contributed by atoms with van der Waals surface area (Å²) in [5.41, 5.74) is 1.76. The molecule has 8 nitrogen and oxygen atoms in total. The number of anilines is 1. The number of sulfonamides is 1. The first-order chi connectivity index (χ1) is 17.1. The van der Waals surface area contributed by atoms with Gasteiger partial charge in [-0.1, -0.05) is 29.8 Å². The summed E-state index contributed by atoms with van der Waals surface area (Å²) in [6.07, 6.45) is 5.80. The molecule has 2 heterocycles. The van der Waals surface area contributed by atoms with E-state index in [1.165, 1.54) is 41.4 Å². The molecule has 3 aromatic rings. The van der Waals surface area contributed by atoms with Crippen LogP contribution < -0.4 is 4.72 Å². The molecule has 0 aliphatic carbocycles. The van der Waals surface area contributed by atoms with E-state index in [-0.39, 0.29) is 28.5 Å². The minimum atomic E-state index is -3.93. The third-order valence-electron chi connectivity index (χ3n) is 5.94. The monoisotopic (exact) mass is 531 g/mol. The fourth-order valence-corrected chi connectivity index (χ4v) is 5.33. The Labute approximate surface area is 215 Å². The number of rotatable bonds is 7. The molecule has 2 aromatic carbocycles. The van der Waals surface area contributed by atoms with Crippen molar-refractivity contribution in [2.75, 3.05) is 24.4 Å². The van der Waals surface area contributed by atoms with Gasteiger partial charge in [0, 0.05) is 56.6 Å². The fraction of sp³-hybridized carbons (Fsp3) is 0.280. The van der Waals surface area contributed by atoms with Gasteiger partial charge in [-0.05, 0) is 48.4 Å². The van der Waals surface area contributed by atoms with Crippen molar-refractivity contribution in [2.45, 2.75) is 24.5 Å². The molecule has 0 radical (unpaired) electrons. The molecule has 1 saturated heterocycles. The Morgan fingerprint density at radius 2 is 1.97 bits per heavy atom. The molecule has 1 aliphatic heterocycles. The smallest absolute Gasteiger partial charge is 0.280 e. The van der Waals surface area contributed by atoms with Crippen LogP contribution in [-0.4, -0.2) is 59.4 Å². The van der Waals surface area contributed by atoms with Gasteiger partial charge in [-0.2, -0.15) is 8.42 Å². The van der Waals surface area contributed by atoms with Crippen LogP contribution in [0.3, 0.4) is 0 Å². The molecular formula is C25H27ClFN5O3S. The molecule has 190 valence electrons. The molecular weight excluding hydrogens is 505 g/mol. The van der Waals surface area contributed by atoms with Crippen molar-refractivity contribution in [3.8, 4) is 0 Å². The van der Waals surface area contributed by atoms with Gasteiger partial charge in [-0.25, -0.2) is 9.37 Å². The second-order valence-corrected chi connectivity index (χ2v) is 10.9. The standard InChI is InChI=1S/C25H27ClFN5O3S/c1-18-14-31(15-19-3-8-22(27)9-4-19)11-12-32(18)25(33)10-6-20-5-7-21(26)13-23(20)29-36(34,35)24-16-30(2)17-28-24/h3-10,13,16-18,29H,11-12,14-15H2,1-2H3/b10-6+/t18-/m1/s1. The van der Waals surface area contributed by atoms with E-state index in [9.17, 15) is 17.6 Å². The molecule has 0 spiro atoms. The van der Waals surface area contributed by atoms with E-state index in [1.54, 1.807) is 42.3 Å². The highest BCUT2D eigenvalue weighted by molar-refractivity contribution is 7.92. The first-order valence-electron chi connectivity index (χ1n) is 11.4. The van der Waals surface area contributed by atoms with Gasteiger partial charge < -0.3 is 9.47 Å². The van der Waals surface area contributed by atoms with Crippen LogP contribution in [-0.2, 0) is 28.4 Å². The van der Waals surface area contributed by atoms with E-state index in [2.05, 4.69) is 14.6 Å². The zero-order chi connectivity index (χ0) is 25.9. The molecule has 1 aromatic heterocycles. The van der Waals surface area contributed by atoms with Crippen molar-refractivity contribution in [3.05, 3.63) is 83.0 Å². The summed E-state index contributed by atoms with van der Waals surface area (Å²) in [5, 5.41) is 0.228. The van der Waals surface area contributed by atoms with Crippen LogP contribution in [0.25, 0.3) is 6.08 Å². The number of nitrogens with zero attached hydrogens (tertiary/aromatic N) is 4. The van der Waals surface area contributed by atoms with Crippen LogP contribution in [0.15, 0.2) is 66.1 Å². The Balaban J connectivity index is 1.42. The van der Waals surface area contributed by atoms with Crippen LogP contribution in [0, 0.1) is 5.82 Å². The number of carbonyl (C=O) groups is 1. The fourth-order valence-electron chi connectivity index (χ4n) is 4.10. The van der Waals surface area contributed by atoms with Gasteiger partial charge in [0.25, 0.3) is 10.0 Å². The third-order valence-corrected chi connectivity index (χ3v) is 7.42. The number of piperazine rings is 1. The maximum Gasteiger partial charge on any atom is 0.280 e. The maximum absolute atomic E-state index is 13.2. The van der Waals surface area contributed by atoms with E-state index in [1.807, 2.05) is 6.92 Å². The van der Waals surface area contributed by atoms with Gasteiger partial charge in [0.2, 0.25) is 5.91 Å². The van der Waals surface area contributed by atoms with Crippen LogP contribution in [0.2, 0.25) is 5.02 Å². The number of benzene rings is 2. The molecule has 1 atom stereocenters. The summed E-state index contributed by atoms with van der Waals surface area (Å²) in [6, 6.07) is 11.2. The number of halogens is 2. The molecule has 36 heavy (non-hydrogen) atoms. The first-order valence-corrected chi connectivity index (χ1v) is 13.2. The number of amides is 1. The maximum atomic E-state index is 13.2. The van der Waals surface area contributed by atoms with Crippen molar-refractivity contribution >= 4 is 39.3 Å². The van der Waals surface area contributed by atoms with Crippen molar-refractivity contribution in [2.24, 2.45) is 7.05 Å². The molecule has 4 rings (SSSR count).